The predicted octanol–water partition coefficient (Wildman–Crippen LogP) is 3.73. The molecule has 0 saturated heterocycles. The molecule has 3 aromatic carbocycles. The van der Waals surface area contributed by atoms with Gasteiger partial charge in [-0.15, -0.1) is 0 Å². The predicted molar refractivity (Wildman–Crippen MR) is 142 cm³/mol. The van der Waals surface area contributed by atoms with Gasteiger partial charge in [0.15, 0.2) is 0 Å². The Morgan fingerprint density at radius 2 is 1.73 bits per heavy atom. The maximum Gasteiger partial charge on any atom is 0.323 e. The quantitative estimate of drug-likeness (QED) is 0.432. The topological polar surface area (TPSA) is 120 Å². The second kappa shape index (κ2) is 10.4. The highest BCUT2D eigenvalue weighted by Gasteiger charge is 2.30. The Bertz CT molecular complexity index is 1470. The smallest absolute Gasteiger partial charge is 0.323 e. The molecule has 2 aliphatic rings. The van der Waals surface area contributed by atoms with Crippen LogP contribution in [0.5, 0.6) is 0 Å². The first kappa shape index (κ1) is 24.5. The van der Waals surface area contributed by atoms with Crippen molar-refractivity contribution in [2.24, 2.45) is 4.99 Å². The molecule has 0 radical (unpaired) electrons. The number of benzene rings is 3. The minimum atomic E-state index is -3.57. The van der Waals surface area contributed by atoms with E-state index in [0.717, 1.165) is 16.8 Å². The molecule has 0 bridgehead atoms. The highest BCUT2D eigenvalue weighted by Crippen LogP contribution is 2.27. The summed E-state index contributed by atoms with van der Waals surface area (Å²) in [5, 5.41) is 5.75. The normalized spacial score (nSPS) is 16.4. The molecule has 3 amide bonds. The molecule has 10 heteroatoms. The van der Waals surface area contributed by atoms with Gasteiger partial charge in [-0.05, 0) is 54.3 Å². The number of urea groups is 1. The SMILES string of the molecule is O=C(Nc1ccccc1)Nc1cccc2c1CCN(C(=O)CCCN=C1NS(=O)(=O)c3ccccc31)C2. The molecular weight excluding hydrogens is 490 g/mol. The minimum absolute atomic E-state index is 0.0263. The van der Waals surface area contributed by atoms with E-state index >= 15 is 0 Å². The first-order valence-electron chi connectivity index (χ1n) is 12.1. The molecule has 3 aromatic rings. The standard InChI is InChI=1S/C27H27N5O4S/c33-25(14-7-16-28-26-22-11-4-5-13-24(22)37(35,36)31-26)32-17-15-21-19(18-32)8-6-12-23(21)30-27(34)29-20-9-2-1-3-10-20/h1-6,8-13H,7,14-18H2,(H,28,31)(H2,29,30,34). The highest BCUT2D eigenvalue weighted by atomic mass is 32.2. The average Bonchev–Trinajstić information content (AvgIpc) is 3.16. The van der Waals surface area contributed by atoms with Crippen molar-refractivity contribution in [3.8, 4) is 0 Å². The lowest BCUT2D eigenvalue weighted by atomic mass is 9.97. The number of amidine groups is 1. The Kier molecular flexibility index (Phi) is 6.91. The number of nitrogens with zero attached hydrogens (tertiary/aromatic N) is 2. The van der Waals surface area contributed by atoms with Crippen LogP contribution in [0, 0.1) is 0 Å². The van der Waals surface area contributed by atoms with Gasteiger partial charge < -0.3 is 15.5 Å². The van der Waals surface area contributed by atoms with E-state index in [-0.39, 0.29) is 16.8 Å². The number of para-hydroxylation sites is 1. The first-order valence-corrected chi connectivity index (χ1v) is 13.6. The van der Waals surface area contributed by atoms with Gasteiger partial charge in [-0.25, -0.2) is 13.2 Å². The van der Waals surface area contributed by atoms with Crippen LogP contribution in [0.1, 0.15) is 29.5 Å². The van der Waals surface area contributed by atoms with Gasteiger partial charge in [0.25, 0.3) is 10.0 Å². The molecule has 0 unspecified atom stereocenters. The van der Waals surface area contributed by atoms with E-state index in [2.05, 4.69) is 20.3 Å². The molecule has 0 atom stereocenters. The van der Waals surface area contributed by atoms with E-state index in [1.54, 1.807) is 24.3 Å². The molecule has 0 aliphatic carbocycles. The number of fused-ring (bicyclic) bond motifs is 2. The second-order valence-corrected chi connectivity index (χ2v) is 10.5. The van der Waals surface area contributed by atoms with Crippen LogP contribution in [0.3, 0.4) is 0 Å². The number of amides is 3. The number of anilines is 2. The molecule has 2 aliphatic heterocycles. The van der Waals surface area contributed by atoms with Crippen molar-refractivity contribution in [2.75, 3.05) is 23.7 Å². The molecular formula is C27H27N5O4S. The van der Waals surface area contributed by atoms with Gasteiger partial charge >= 0.3 is 6.03 Å². The van der Waals surface area contributed by atoms with Crippen molar-refractivity contribution in [2.45, 2.75) is 30.7 Å². The fraction of sp³-hybridized carbons (Fsp3) is 0.222. The van der Waals surface area contributed by atoms with Crippen molar-refractivity contribution in [3.63, 3.8) is 0 Å². The summed E-state index contributed by atoms with van der Waals surface area (Å²) in [6.07, 6.45) is 1.47. The van der Waals surface area contributed by atoms with Crippen molar-refractivity contribution in [1.29, 1.82) is 0 Å². The third-order valence-electron chi connectivity index (χ3n) is 6.38. The van der Waals surface area contributed by atoms with Gasteiger partial charge in [0.2, 0.25) is 5.91 Å². The second-order valence-electron chi connectivity index (χ2n) is 8.89. The molecule has 5 rings (SSSR count). The van der Waals surface area contributed by atoms with E-state index in [9.17, 15) is 18.0 Å². The average molecular weight is 518 g/mol. The summed E-state index contributed by atoms with van der Waals surface area (Å²) >= 11 is 0. The van der Waals surface area contributed by atoms with Crippen LogP contribution in [0.25, 0.3) is 0 Å². The van der Waals surface area contributed by atoms with Crippen LogP contribution in [-0.2, 0) is 27.8 Å². The molecule has 37 heavy (non-hydrogen) atoms. The molecule has 3 N–H and O–H groups in total. The molecule has 0 aromatic heterocycles. The summed E-state index contributed by atoms with van der Waals surface area (Å²) in [6, 6.07) is 21.4. The summed E-state index contributed by atoms with van der Waals surface area (Å²) in [5.74, 6) is 0.352. The van der Waals surface area contributed by atoms with Crippen LogP contribution in [0.15, 0.2) is 82.7 Å². The van der Waals surface area contributed by atoms with Crippen LogP contribution < -0.4 is 15.4 Å². The lowest BCUT2D eigenvalue weighted by Crippen LogP contribution is -2.36. The minimum Gasteiger partial charge on any atom is -0.338 e. The zero-order valence-electron chi connectivity index (χ0n) is 20.1. The molecule has 2 heterocycles. The summed E-state index contributed by atoms with van der Waals surface area (Å²) in [6.45, 7) is 1.38. The number of sulfonamides is 1. The van der Waals surface area contributed by atoms with E-state index in [1.807, 2.05) is 53.4 Å². The Morgan fingerprint density at radius 3 is 2.57 bits per heavy atom. The third-order valence-corrected chi connectivity index (χ3v) is 7.78. The van der Waals surface area contributed by atoms with Crippen LogP contribution >= 0.6 is 0 Å². The van der Waals surface area contributed by atoms with Crippen molar-refractivity contribution in [3.05, 3.63) is 89.5 Å². The lowest BCUT2D eigenvalue weighted by Gasteiger charge is -2.30. The van der Waals surface area contributed by atoms with Crippen LogP contribution in [-0.4, -0.2) is 44.2 Å². The third kappa shape index (κ3) is 5.49. The van der Waals surface area contributed by atoms with Crippen LogP contribution in [0.2, 0.25) is 0 Å². The molecule has 190 valence electrons. The van der Waals surface area contributed by atoms with Gasteiger partial charge in [0.1, 0.15) is 5.84 Å². The first-order chi connectivity index (χ1) is 17.9. The number of rotatable bonds is 6. The Balaban J connectivity index is 1.15. The Morgan fingerprint density at radius 1 is 0.946 bits per heavy atom. The zero-order valence-corrected chi connectivity index (χ0v) is 20.9. The molecule has 9 nitrogen and oxygen atoms in total. The Hall–Kier alpha value is -4.18. The maximum atomic E-state index is 12.9. The van der Waals surface area contributed by atoms with Crippen molar-refractivity contribution >= 4 is 39.2 Å². The number of carbonyl (C=O) groups excluding carboxylic acids is 2. The number of nitrogens with one attached hydrogen (secondary N) is 3. The monoisotopic (exact) mass is 517 g/mol. The summed E-state index contributed by atoms with van der Waals surface area (Å²) < 4.78 is 26.9. The fourth-order valence-corrected chi connectivity index (χ4v) is 5.83. The van der Waals surface area contributed by atoms with E-state index in [4.69, 9.17) is 0 Å². The lowest BCUT2D eigenvalue weighted by molar-refractivity contribution is -0.132. The van der Waals surface area contributed by atoms with Gasteiger partial charge in [0, 0.05) is 43.0 Å². The zero-order chi connectivity index (χ0) is 25.8. The molecule has 0 saturated carbocycles. The Labute approximate surface area is 215 Å². The number of aliphatic imine (C=N–C) groups is 1. The van der Waals surface area contributed by atoms with Gasteiger partial charge in [-0.3, -0.25) is 14.5 Å². The maximum absolute atomic E-state index is 12.9. The summed E-state index contributed by atoms with van der Waals surface area (Å²) in [7, 11) is -3.57. The summed E-state index contributed by atoms with van der Waals surface area (Å²) in [4.78, 5) is 31.7. The van der Waals surface area contributed by atoms with Crippen LogP contribution in [0.4, 0.5) is 16.2 Å². The van der Waals surface area contributed by atoms with Crippen molar-refractivity contribution in [1.82, 2.24) is 9.62 Å². The van der Waals surface area contributed by atoms with E-state index in [0.29, 0.717) is 56.0 Å². The van der Waals surface area contributed by atoms with E-state index in [1.165, 1.54) is 0 Å². The molecule has 0 fully saturated rings. The number of carbonyl (C=O) groups is 2. The highest BCUT2D eigenvalue weighted by molar-refractivity contribution is 7.90. The van der Waals surface area contributed by atoms with Crippen molar-refractivity contribution < 1.29 is 18.0 Å². The number of hydrogen-bond acceptors (Lipinski definition) is 5. The summed E-state index contributed by atoms with van der Waals surface area (Å²) in [5.41, 5.74) is 4.06. The van der Waals surface area contributed by atoms with Gasteiger partial charge in [-0.1, -0.05) is 42.5 Å². The fourth-order valence-electron chi connectivity index (χ4n) is 4.58. The number of hydrogen-bond donors (Lipinski definition) is 3. The largest absolute Gasteiger partial charge is 0.338 e. The van der Waals surface area contributed by atoms with E-state index < -0.39 is 10.0 Å². The molecule has 0 spiro atoms. The van der Waals surface area contributed by atoms with Gasteiger partial charge in [-0.2, -0.15) is 0 Å². The van der Waals surface area contributed by atoms with Gasteiger partial charge in [0.05, 0.1) is 4.90 Å².